The van der Waals surface area contributed by atoms with Gasteiger partial charge in [-0.05, 0) is 43.7 Å². The Morgan fingerprint density at radius 2 is 1.74 bits per heavy atom. The Bertz CT molecular complexity index is 1290. The maximum Gasteiger partial charge on any atom is 0.342 e. The number of hydrogen-bond acceptors (Lipinski definition) is 5. The van der Waals surface area contributed by atoms with Gasteiger partial charge in [0.15, 0.2) is 11.5 Å². The summed E-state index contributed by atoms with van der Waals surface area (Å²) in [5, 5.41) is 1.02. The van der Waals surface area contributed by atoms with E-state index in [0.29, 0.717) is 34.9 Å². The Morgan fingerprint density at radius 1 is 1.03 bits per heavy atom. The van der Waals surface area contributed by atoms with Gasteiger partial charge in [-0.3, -0.25) is 4.79 Å². The number of aromatic nitrogens is 1. The molecular formula is C27H30N2O5. The van der Waals surface area contributed by atoms with Gasteiger partial charge in [-0.15, -0.1) is 0 Å². The van der Waals surface area contributed by atoms with Crippen molar-refractivity contribution in [3.63, 3.8) is 0 Å². The number of nitrogens with zero attached hydrogens (tertiary/aromatic N) is 1. The molecule has 0 radical (unpaired) electrons. The highest BCUT2D eigenvalue weighted by Crippen LogP contribution is 2.41. The Balaban J connectivity index is 1.86. The van der Waals surface area contributed by atoms with Crippen molar-refractivity contribution in [1.82, 2.24) is 9.88 Å². The molecule has 1 aliphatic heterocycles. The number of aromatic amines is 1. The number of nitrogens with one attached hydrogen (secondary N) is 1. The predicted molar refractivity (Wildman–Crippen MR) is 131 cm³/mol. The maximum absolute atomic E-state index is 13.7. The number of para-hydroxylation sites is 1. The first-order valence-electron chi connectivity index (χ1n) is 11.2. The zero-order valence-corrected chi connectivity index (χ0v) is 20.4. The Kier molecular flexibility index (Phi) is 6.13. The second-order valence-electron chi connectivity index (χ2n) is 9.30. The third-order valence-corrected chi connectivity index (χ3v) is 5.96. The molecule has 2 aromatic carbocycles. The van der Waals surface area contributed by atoms with Gasteiger partial charge < -0.3 is 24.1 Å². The summed E-state index contributed by atoms with van der Waals surface area (Å²) in [5.74, 6) is 0.263. The largest absolute Gasteiger partial charge is 0.493 e. The third kappa shape index (κ3) is 4.14. The number of hydrogen-bond donors (Lipinski definition) is 1. The fourth-order valence-electron chi connectivity index (χ4n) is 4.52. The second kappa shape index (κ2) is 8.89. The van der Waals surface area contributed by atoms with Crippen LogP contribution in [0.4, 0.5) is 0 Å². The predicted octanol–water partition coefficient (Wildman–Crippen LogP) is 4.91. The van der Waals surface area contributed by atoms with Gasteiger partial charge in [0.25, 0.3) is 5.91 Å². The van der Waals surface area contributed by atoms with E-state index in [2.05, 4.69) is 18.8 Å². The SMILES string of the molecule is COc1ccc(C(=O)N2C=C(C(=O)OC(C)C)c3[nH]c4ccccc4c3C(C)(C)C2)cc1OC. The van der Waals surface area contributed by atoms with Crippen molar-refractivity contribution in [2.75, 3.05) is 20.8 Å². The molecule has 1 aliphatic rings. The highest BCUT2D eigenvalue weighted by atomic mass is 16.5. The van der Waals surface area contributed by atoms with E-state index in [-0.39, 0.29) is 12.0 Å². The average Bonchev–Trinajstić information content (AvgIpc) is 3.15. The number of rotatable bonds is 5. The molecule has 0 unspecified atom stereocenters. The average molecular weight is 463 g/mol. The van der Waals surface area contributed by atoms with E-state index >= 15 is 0 Å². The van der Waals surface area contributed by atoms with E-state index in [0.717, 1.165) is 16.5 Å². The topological polar surface area (TPSA) is 80.9 Å². The van der Waals surface area contributed by atoms with Gasteiger partial charge in [0.05, 0.1) is 31.6 Å². The summed E-state index contributed by atoms with van der Waals surface area (Å²) in [5.41, 5.74) is 2.88. The summed E-state index contributed by atoms with van der Waals surface area (Å²) in [4.78, 5) is 31.9. The number of ether oxygens (including phenoxy) is 3. The highest BCUT2D eigenvalue weighted by molar-refractivity contribution is 6.18. The lowest BCUT2D eigenvalue weighted by Gasteiger charge is -2.29. The van der Waals surface area contributed by atoms with E-state index in [1.54, 1.807) is 50.3 Å². The second-order valence-corrected chi connectivity index (χ2v) is 9.30. The minimum Gasteiger partial charge on any atom is -0.493 e. The molecule has 3 aromatic rings. The molecule has 1 amide bonds. The molecule has 0 saturated carbocycles. The number of methoxy groups -OCH3 is 2. The molecular weight excluding hydrogens is 432 g/mol. The van der Waals surface area contributed by atoms with Gasteiger partial charge in [0, 0.05) is 34.6 Å². The molecule has 4 rings (SSSR count). The fraction of sp³-hybridized carbons (Fsp3) is 0.333. The monoisotopic (exact) mass is 462 g/mol. The molecule has 0 bridgehead atoms. The molecule has 1 N–H and O–H groups in total. The molecule has 0 fully saturated rings. The summed E-state index contributed by atoms with van der Waals surface area (Å²) in [7, 11) is 3.07. The lowest BCUT2D eigenvalue weighted by atomic mass is 9.81. The molecule has 0 aliphatic carbocycles. The van der Waals surface area contributed by atoms with Crippen molar-refractivity contribution < 1.29 is 23.8 Å². The van der Waals surface area contributed by atoms with Crippen molar-refractivity contribution in [2.45, 2.75) is 39.2 Å². The van der Waals surface area contributed by atoms with Crippen molar-refractivity contribution in [1.29, 1.82) is 0 Å². The first-order valence-corrected chi connectivity index (χ1v) is 11.2. The van der Waals surface area contributed by atoms with Crippen LogP contribution in [0.3, 0.4) is 0 Å². The van der Waals surface area contributed by atoms with Crippen LogP contribution in [0.25, 0.3) is 16.5 Å². The Labute approximate surface area is 199 Å². The Morgan fingerprint density at radius 3 is 2.41 bits per heavy atom. The van der Waals surface area contributed by atoms with Gasteiger partial charge >= 0.3 is 5.97 Å². The van der Waals surface area contributed by atoms with Gasteiger partial charge in [-0.1, -0.05) is 32.0 Å². The number of fused-ring (bicyclic) bond motifs is 3. The molecule has 2 heterocycles. The normalized spacial score (nSPS) is 14.9. The molecule has 7 heteroatoms. The molecule has 0 spiro atoms. The molecule has 178 valence electrons. The van der Waals surface area contributed by atoms with Crippen molar-refractivity contribution in [2.24, 2.45) is 0 Å². The van der Waals surface area contributed by atoms with Crippen LogP contribution in [0.15, 0.2) is 48.7 Å². The van der Waals surface area contributed by atoms with E-state index in [9.17, 15) is 9.59 Å². The Hall–Kier alpha value is -3.74. The van der Waals surface area contributed by atoms with Crippen LogP contribution in [0.1, 0.15) is 49.3 Å². The van der Waals surface area contributed by atoms with Crippen LogP contribution >= 0.6 is 0 Å². The third-order valence-electron chi connectivity index (χ3n) is 5.96. The number of esters is 1. The van der Waals surface area contributed by atoms with Crippen LogP contribution in [-0.2, 0) is 14.9 Å². The zero-order chi connectivity index (χ0) is 24.6. The smallest absolute Gasteiger partial charge is 0.342 e. The fourth-order valence-corrected chi connectivity index (χ4v) is 4.52. The lowest BCUT2D eigenvalue weighted by Crippen LogP contribution is -2.37. The van der Waals surface area contributed by atoms with Crippen molar-refractivity contribution >= 4 is 28.4 Å². The molecule has 7 nitrogen and oxygen atoms in total. The molecule has 1 aromatic heterocycles. The van der Waals surface area contributed by atoms with Crippen LogP contribution in [-0.4, -0.2) is 48.6 Å². The van der Waals surface area contributed by atoms with Crippen LogP contribution in [0.5, 0.6) is 11.5 Å². The number of benzene rings is 2. The summed E-state index contributed by atoms with van der Waals surface area (Å²) in [6.45, 7) is 8.13. The number of amides is 1. The van der Waals surface area contributed by atoms with E-state index in [1.165, 1.54) is 7.11 Å². The zero-order valence-electron chi connectivity index (χ0n) is 20.4. The van der Waals surface area contributed by atoms with E-state index < -0.39 is 11.4 Å². The molecule has 0 atom stereocenters. The van der Waals surface area contributed by atoms with Crippen molar-refractivity contribution in [3.05, 3.63) is 65.5 Å². The van der Waals surface area contributed by atoms with Crippen molar-refractivity contribution in [3.8, 4) is 11.5 Å². The minimum absolute atomic E-state index is 0.252. The molecule has 34 heavy (non-hydrogen) atoms. The van der Waals surface area contributed by atoms with Gasteiger partial charge in [0.2, 0.25) is 0 Å². The first-order chi connectivity index (χ1) is 16.2. The first kappa shape index (κ1) is 23.4. The number of carbonyl (C=O) groups excluding carboxylic acids is 2. The summed E-state index contributed by atoms with van der Waals surface area (Å²) in [6, 6.07) is 13.0. The maximum atomic E-state index is 13.7. The van der Waals surface area contributed by atoms with E-state index in [1.807, 2.05) is 24.3 Å². The highest BCUT2D eigenvalue weighted by Gasteiger charge is 2.37. The number of carbonyl (C=O) groups is 2. The summed E-state index contributed by atoms with van der Waals surface area (Å²) >= 11 is 0. The quantitative estimate of drug-likeness (QED) is 0.545. The lowest BCUT2D eigenvalue weighted by molar-refractivity contribution is -0.140. The van der Waals surface area contributed by atoms with Gasteiger partial charge in [0.1, 0.15) is 0 Å². The van der Waals surface area contributed by atoms with Crippen LogP contribution in [0, 0.1) is 0 Å². The van der Waals surface area contributed by atoms with Gasteiger partial charge in [-0.2, -0.15) is 0 Å². The number of H-pyrrole nitrogens is 1. The summed E-state index contributed by atoms with van der Waals surface area (Å²) < 4.78 is 16.2. The van der Waals surface area contributed by atoms with E-state index in [4.69, 9.17) is 14.2 Å². The minimum atomic E-state index is -0.481. The van der Waals surface area contributed by atoms with Crippen LogP contribution < -0.4 is 9.47 Å². The molecule has 0 saturated heterocycles. The standard InChI is InChI=1S/C27H30N2O5/c1-16(2)34-26(31)19-14-29(25(30)17-11-12-21(32-5)22(13-17)33-6)15-27(3,4)23-18-9-7-8-10-20(18)28-24(19)23/h7-14,16,28H,15H2,1-6H3. The summed E-state index contributed by atoms with van der Waals surface area (Å²) in [6.07, 6.45) is 1.31. The van der Waals surface area contributed by atoms with Gasteiger partial charge in [-0.25, -0.2) is 4.79 Å². The van der Waals surface area contributed by atoms with Crippen LogP contribution in [0.2, 0.25) is 0 Å².